The van der Waals surface area contributed by atoms with Crippen LogP contribution in [0.3, 0.4) is 0 Å². The number of hydrogen-bond donors (Lipinski definition) is 2. The SMILES string of the molecule is CCC1(N)CC1c1ccc(NC(=O)c2ccc(-c3ccccc3)cc2)cc1. The van der Waals surface area contributed by atoms with Crippen molar-refractivity contribution >= 4 is 11.6 Å². The van der Waals surface area contributed by atoms with Crippen molar-refractivity contribution in [2.24, 2.45) is 5.73 Å². The highest BCUT2D eigenvalue weighted by molar-refractivity contribution is 6.04. The van der Waals surface area contributed by atoms with Gasteiger partial charge >= 0.3 is 0 Å². The van der Waals surface area contributed by atoms with Crippen molar-refractivity contribution in [3.8, 4) is 11.1 Å². The molecule has 2 atom stereocenters. The van der Waals surface area contributed by atoms with Crippen LogP contribution in [-0.2, 0) is 0 Å². The number of nitrogens with one attached hydrogen (secondary N) is 1. The highest BCUT2D eigenvalue weighted by Gasteiger charge is 2.49. The maximum atomic E-state index is 12.5. The Morgan fingerprint density at radius 2 is 1.59 bits per heavy atom. The fraction of sp³-hybridized carbons (Fsp3) is 0.208. The van der Waals surface area contributed by atoms with Crippen LogP contribution in [0.2, 0.25) is 0 Å². The molecule has 0 radical (unpaired) electrons. The van der Waals surface area contributed by atoms with Gasteiger partial charge in [-0.25, -0.2) is 0 Å². The largest absolute Gasteiger partial charge is 0.325 e. The van der Waals surface area contributed by atoms with E-state index in [1.54, 1.807) is 0 Å². The molecule has 3 aromatic rings. The topological polar surface area (TPSA) is 55.1 Å². The number of carbonyl (C=O) groups excluding carboxylic acids is 1. The molecule has 1 aliphatic carbocycles. The van der Waals surface area contributed by atoms with E-state index in [-0.39, 0.29) is 11.4 Å². The summed E-state index contributed by atoms with van der Waals surface area (Å²) in [5, 5.41) is 2.97. The first-order valence-corrected chi connectivity index (χ1v) is 9.45. The standard InChI is InChI=1S/C24H24N2O/c1-2-24(25)16-22(24)19-12-14-21(15-13-19)26-23(27)20-10-8-18(9-11-20)17-6-4-3-5-7-17/h3-15,22H,2,16,25H2,1H3,(H,26,27). The van der Waals surface area contributed by atoms with Gasteiger partial charge in [0, 0.05) is 22.7 Å². The molecule has 0 aromatic heterocycles. The maximum Gasteiger partial charge on any atom is 0.255 e. The van der Waals surface area contributed by atoms with Crippen LogP contribution in [0, 0.1) is 0 Å². The third-order valence-electron chi connectivity index (χ3n) is 5.60. The number of nitrogens with two attached hydrogens (primary N) is 1. The summed E-state index contributed by atoms with van der Waals surface area (Å²) >= 11 is 0. The van der Waals surface area contributed by atoms with Crippen LogP contribution in [-0.4, -0.2) is 11.4 Å². The van der Waals surface area contributed by atoms with Crippen LogP contribution in [0.4, 0.5) is 5.69 Å². The van der Waals surface area contributed by atoms with Crippen LogP contribution in [0.25, 0.3) is 11.1 Å². The number of carbonyl (C=O) groups is 1. The van der Waals surface area contributed by atoms with E-state index in [4.69, 9.17) is 5.73 Å². The van der Waals surface area contributed by atoms with Gasteiger partial charge in [0.05, 0.1) is 0 Å². The molecule has 136 valence electrons. The zero-order chi connectivity index (χ0) is 18.9. The molecule has 3 N–H and O–H groups in total. The van der Waals surface area contributed by atoms with Crippen LogP contribution < -0.4 is 11.1 Å². The second-order valence-electron chi connectivity index (χ2n) is 7.36. The van der Waals surface area contributed by atoms with Gasteiger partial charge in [-0.05, 0) is 53.8 Å². The van der Waals surface area contributed by atoms with Gasteiger partial charge in [0.25, 0.3) is 5.91 Å². The summed E-state index contributed by atoms with van der Waals surface area (Å²) in [6, 6.07) is 25.9. The zero-order valence-corrected chi connectivity index (χ0v) is 15.5. The Hall–Kier alpha value is -2.91. The molecule has 1 aliphatic rings. The van der Waals surface area contributed by atoms with Gasteiger partial charge in [-0.15, -0.1) is 0 Å². The van der Waals surface area contributed by atoms with E-state index in [0.717, 1.165) is 29.7 Å². The molecule has 3 heteroatoms. The number of hydrogen-bond acceptors (Lipinski definition) is 2. The highest BCUT2D eigenvalue weighted by Crippen LogP contribution is 2.51. The van der Waals surface area contributed by atoms with Crippen LogP contribution in [0.15, 0.2) is 78.9 Å². The molecule has 0 bridgehead atoms. The summed E-state index contributed by atoms with van der Waals surface area (Å²) in [6.07, 6.45) is 2.04. The lowest BCUT2D eigenvalue weighted by molar-refractivity contribution is 0.102. The normalized spacial score (nSPS) is 20.9. The van der Waals surface area contributed by atoms with E-state index in [1.807, 2.05) is 54.6 Å². The van der Waals surface area contributed by atoms with Gasteiger partial charge in [0.2, 0.25) is 0 Å². The van der Waals surface area contributed by atoms with Crippen molar-refractivity contribution in [3.05, 3.63) is 90.0 Å². The molecule has 1 amide bonds. The fourth-order valence-electron chi connectivity index (χ4n) is 3.61. The number of rotatable bonds is 5. The van der Waals surface area contributed by atoms with Crippen molar-refractivity contribution < 1.29 is 4.79 Å². The van der Waals surface area contributed by atoms with E-state index < -0.39 is 0 Å². The molecule has 27 heavy (non-hydrogen) atoms. The minimum atomic E-state index is -0.101. The molecule has 3 nitrogen and oxygen atoms in total. The van der Waals surface area contributed by atoms with E-state index in [2.05, 4.69) is 36.5 Å². The average Bonchev–Trinajstić information content (AvgIpc) is 3.41. The van der Waals surface area contributed by atoms with Crippen molar-refractivity contribution in [2.45, 2.75) is 31.2 Å². The first kappa shape index (κ1) is 17.5. The number of benzene rings is 3. The molecule has 3 aromatic carbocycles. The van der Waals surface area contributed by atoms with Gasteiger partial charge in [-0.2, -0.15) is 0 Å². The maximum absolute atomic E-state index is 12.5. The lowest BCUT2D eigenvalue weighted by Crippen LogP contribution is -2.22. The summed E-state index contributed by atoms with van der Waals surface area (Å²) in [5.41, 5.74) is 11.2. The van der Waals surface area contributed by atoms with Crippen molar-refractivity contribution in [1.29, 1.82) is 0 Å². The quantitative estimate of drug-likeness (QED) is 0.660. The fourth-order valence-corrected chi connectivity index (χ4v) is 3.61. The Kier molecular flexibility index (Phi) is 4.54. The first-order chi connectivity index (χ1) is 13.1. The van der Waals surface area contributed by atoms with Gasteiger partial charge in [0.1, 0.15) is 0 Å². The Bertz CT molecular complexity index is 932. The molecule has 0 spiro atoms. The summed E-state index contributed by atoms with van der Waals surface area (Å²) in [4.78, 5) is 12.5. The lowest BCUT2D eigenvalue weighted by Gasteiger charge is -2.10. The molecule has 0 aliphatic heterocycles. The predicted octanol–water partition coefficient (Wildman–Crippen LogP) is 5.20. The molecule has 0 heterocycles. The smallest absolute Gasteiger partial charge is 0.255 e. The average molecular weight is 356 g/mol. The monoisotopic (exact) mass is 356 g/mol. The lowest BCUT2D eigenvalue weighted by atomic mass is 10.0. The van der Waals surface area contributed by atoms with Crippen molar-refractivity contribution in [3.63, 3.8) is 0 Å². The molecular formula is C24H24N2O. The molecule has 0 saturated heterocycles. The summed E-state index contributed by atoms with van der Waals surface area (Å²) < 4.78 is 0. The summed E-state index contributed by atoms with van der Waals surface area (Å²) in [6.45, 7) is 2.14. The van der Waals surface area contributed by atoms with E-state index in [1.165, 1.54) is 5.56 Å². The second-order valence-corrected chi connectivity index (χ2v) is 7.36. The third kappa shape index (κ3) is 3.64. The van der Waals surface area contributed by atoms with Crippen LogP contribution >= 0.6 is 0 Å². The minimum Gasteiger partial charge on any atom is -0.325 e. The van der Waals surface area contributed by atoms with Gasteiger partial charge in [-0.1, -0.05) is 61.5 Å². The molecular weight excluding hydrogens is 332 g/mol. The van der Waals surface area contributed by atoms with E-state index in [0.29, 0.717) is 11.5 Å². The molecule has 4 rings (SSSR count). The first-order valence-electron chi connectivity index (χ1n) is 9.45. The minimum absolute atomic E-state index is 0.0364. The van der Waals surface area contributed by atoms with Gasteiger partial charge in [-0.3, -0.25) is 4.79 Å². The number of anilines is 1. The third-order valence-corrected chi connectivity index (χ3v) is 5.60. The van der Waals surface area contributed by atoms with Crippen molar-refractivity contribution in [2.75, 3.05) is 5.32 Å². The Morgan fingerprint density at radius 1 is 0.963 bits per heavy atom. The Balaban J connectivity index is 1.42. The van der Waals surface area contributed by atoms with E-state index >= 15 is 0 Å². The molecule has 2 unspecified atom stereocenters. The Morgan fingerprint density at radius 3 is 2.19 bits per heavy atom. The molecule has 1 saturated carbocycles. The predicted molar refractivity (Wildman–Crippen MR) is 111 cm³/mol. The highest BCUT2D eigenvalue weighted by atomic mass is 16.1. The van der Waals surface area contributed by atoms with Gasteiger partial charge < -0.3 is 11.1 Å². The Labute approximate surface area is 160 Å². The van der Waals surface area contributed by atoms with Crippen LogP contribution in [0.1, 0.15) is 41.6 Å². The summed E-state index contributed by atoms with van der Waals surface area (Å²) in [7, 11) is 0. The van der Waals surface area contributed by atoms with Crippen LogP contribution in [0.5, 0.6) is 0 Å². The second kappa shape index (κ2) is 7.01. The number of amides is 1. The summed E-state index contributed by atoms with van der Waals surface area (Å²) in [5.74, 6) is 0.341. The van der Waals surface area contributed by atoms with Gasteiger partial charge in [0.15, 0.2) is 0 Å². The van der Waals surface area contributed by atoms with Crippen molar-refractivity contribution in [1.82, 2.24) is 0 Å². The zero-order valence-electron chi connectivity index (χ0n) is 15.5. The molecule has 1 fully saturated rings. The van der Waals surface area contributed by atoms with E-state index in [9.17, 15) is 4.79 Å².